The van der Waals surface area contributed by atoms with Gasteiger partial charge in [0.25, 0.3) is 0 Å². The van der Waals surface area contributed by atoms with Crippen LogP contribution in [0.25, 0.3) is 44.6 Å². The second-order valence-electron chi connectivity index (χ2n) is 14.9. The normalized spacial score (nSPS) is 11.8. The van der Waals surface area contributed by atoms with E-state index in [9.17, 15) is 0 Å². The number of para-hydroxylation sites is 2. The predicted octanol–water partition coefficient (Wildman–Crippen LogP) is 12.4. The Morgan fingerprint density at radius 3 is 1.27 bits per heavy atom. The lowest BCUT2D eigenvalue weighted by atomic mass is 10.1. The zero-order valence-electron chi connectivity index (χ0n) is 34.2. The molecule has 0 aliphatic rings. The van der Waals surface area contributed by atoms with Crippen LogP contribution in [0.15, 0.2) is 200 Å². The highest BCUT2D eigenvalue weighted by atomic mass is 79.9. The molecule has 0 saturated carbocycles. The summed E-state index contributed by atoms with van der Waals surface area (Å²) in [6.07, 6.45) is 8.03. The number of benzene rings is 6. The molecule has 0 aliphatic heterocycles. The van der Waals surface area contributed by atoms with E-state index in [2.05, 4.69) is 150 Å². The third-order valence-electron chi connectivity index (χ3n) is 10.6. The average molecular weight is 1000 g/mol. The van der Waals surface area contributed by atoms with E-state index >= 15 is 0 Å². The first kappa shape index (κ1) is 41.7. The van der Waals surface area contributed by atoms with Gasteiger partial charge in [-0.15, -0.1) is 20.4 Å². The lowest BCUT2D eigenvalue weighted by molar-refractivity contribution is 0.770. The van der Waals surface area contributed by atoms with Crippen LogP contribution in [0.5, 0.6) is 0 Å². The van der Waals surface area contributed by atoms with E-state index in [0.717, 1.165) is 66.1 Å². The first-order valence-corrected chi connectivity index (χ1v) is 24.1. The van der Waals surface area contributed by atoms with Crippen molar-refractivity contribution in [3.05, 3.63) is 201 Å². The molecule has 14 heteroatoms. The van der Waals surface area contributed by atoms with Gasteiger partial charge in [0, 0.05) is 78.9 Å². The van der Waals surface area contributed by atoms with Crippen LogP contribution in [-0.2, 0) is 13.1 Å². The van der Waals surface area contributed by atoms with Crippen molar-refractivity contribution in [1.82, 2.24) is 38.9 Å². The number of thioether (sulfide) groups is 2. The van der Waals surface area contributed by atoms with Crippen molar-refractivity contribution >= 4 is 89.6 Å². The van der Waals surface area contributed by atoms with Gasteiger partial charge >= 0.3 is 0 Å². The molecule has 10 nitrogen and oxygen atoms in total. The number of aromatic nitrogens is 8. The van der Waals surface area contributed by atoms with Crippen molar-refractivity contribution in [3.8, 4) is 22.8 Å². The zero-order valence-corrected chi connectivity index (χ0v) is 39.0. The molecule has 6 aromatic carbocycles. The summed E-state index contributed by atoms with van der Waals surface area (Å²) in [5.74, 6) is 2.73. The fourth-order valence-corrected chi connectivity index (χ4v) is 9.81. The maximum absolute atomic E-state index is 5.01. The maximum atomic E-state index is 5.01. The Bertz CT molecular complexity index is 3030. The summed E-state index contributed by atoms with van der Waals surface area (Å²) < 4.78 is 10.3. The minimum atomic E-state index is 0.671. The standard InChI is InChI=1S/C50H38Br2N10S2/c51-39-23-19-35(20-24-39)29-53-61-47(43-33-59(31-37-11-3-1-4-12-37)45-17-9-7-15-41(43)45)55-57-49(61)63-27-28-64-50-58-56-48(62(50)54-30-36-21-25-40(52)26-22-36)44-34-60(32-38-13-5-2-6-14-38)46-18-10-8-16-42(44)46/h1-26,29-30,33-34H,27-28,31-32H2/b53-29+,54-30+. The molecule has 314 valence electrons. The van der Waals surface area contributed by atoms with Crippen LogP contribution in [-0.4, -0.2) is 62.8 Å². The molecule has 0 fully saturated rings. The highest BCUT2D eigenvalue weighted by Crippen LogP contribution is 2.35. The summed E-state index contributed by atoms with van der Waals surface area (Å²) in [6.45, 7) is 1.46. The van der Waals surface area contributed by atoms with E-state index < -0.39 is 0 Å². The van der Waals surface area contributed by atoms with Crippen molar-refractivity contribution in [1.29, 1.82) is 0 Å². The van der Waals surface area contributed by atoms with Gasteiger partial charge in [0.1, 0.15) is 0 Å². The second kappa shape index (κ2) is 19.2. The van der Waals surface area contributed by atoms with Gasteiger partial charge in [0.2, 0.25) is 10.3 Å². The molecular formula is C50H38Br2N10S2. The Hall–Kier alpha value is -6.32. The lowest BCUT2D eigenvalue weighted by Gasteiger charge is -2.06. The van der Waals surface area contributed by atoms with Crippen LogP contribution >= 0.6 is 55.4 Å². The quantitative estimate of drug-likeness (QED) is 0.0577. The Morgan fingerprint density at radius 1 is 0.453 bits per heavy atom. The molecule has 0 aliphatic carbocycles. The van der Waals surface area contributed by atoms with Gasteiger partial charge in [-0.25, -0.2) is 0 Å². The van der Waals surface area contributed by atoms with Crippen LogP contribution in [0.1, 0.15) is 22.3 Å². The fraction of sp³-hybridized carbons (Fsp3) is 0.0800. The molecule has 10 aromatic rings. The smallest absolute Gasteiger partial charge is 0.212 e. The van der Waals surface area contributed by atoms with Gasteiger partial charge in [0.05, 0.1) is 12.4 Å². The summed E-state index contributed by atoms with van der Waals surface area (Å²) in [5, 5.41) is 32.6. The molecule has 4 aromatic heterocycles. The molecule has 0 amide bonds. The van der Waals surface area contributed by atoms with Gasteiger partial charge in [0.15, 0.2) is 11.6 Å². The minimum absolute atomic E-state index is 0.671. The molecule has 0 bridgehead atoms. The molecule has 0 atom stereocenters. The van der Waals surface area contributed by atoms with E-state index in [1.807, 2.05) is 82.4 Å². The molecule has 64 heavy (non-hydrogen) atoms. The number of fused-ring (bicyclic) bond motifs is 2. The number of hydrogen-bond acceptors (Lipinski definition) is 8. The highest BCUT2D eigenvalue weighted by molar-refractivity contribution is 9.10. The van der Waals surface area contributed by atoms with Crippen LogP contribution in [0.2, 0.25) is 0 Å². The Labute approximate surface area is 395 Å². The minimum Gasteiger partial charge on any atom is -0.342 e. The predicted molar refractivity (Wildman–Crippen MR) is 269 cm³/mol. The topological polar surface area (TPSA) is 96.0 Å². The number of nitrogens with zero attached hydrogens (tertiary/aromatic N) is 10. The molecule has 0 unspecified atom stereocenters. The van der Waals surface area contributed by atoms with Gasteiger partial charge in [-0.1, -0.05) is 177 Å². The second-order valence-corrected chi connectivity index (χ2v) is 18.8. The third-order valence-corrected chi connectivity index (χ3v) is 13.8. The largest absolute Gasteiger partial charge is 0.342 e. The van der Waals surface area contributed by atoms with Crippen molar-refractivity contribution in [2.75, 3.05) is 11.5 Å². The van der Waals surface area contributed by atoms with E-state index in [1.54, 1.807) is 23.5 Å². The van der Waals surface area contributed by atoms with Crippen LogP contribution < -0.4 is 0 Å². The van der Waals surface area contributed by atoms with Crippen LogP contribution in [0, 0.1) is 0 Å². The van der Waals surface area contributed by atoms with E-state index in [4.69, 9.17) is 30.6 Å². The first-order chi connectivity index (χ1) is 31.5. The molecule has 0 N–H and O–H groups in total. The molecule has 4 heterocycles. The number of rotatable bonds is 15. The summed E-state index contributed by atoms with van der Waals surface area (Å²) in [4.78, 5) is 0. The molecule has 10 rings (SSSR count). The Morgan fingerprint density at radius 2 is 0.844 bits per heavy atom. The van der Waals surface area contributed by atoms with Crippen molar-refractivity contribution in [2.24, 2.45) is 10.2 Å². The van der Waals surface area contributed by atoms with Crippen molar-refractivity contribution < 1.29 is 0 Å². The number of halogens is 2. The molecule has 0 spiro atoms. The summed E-state index contributed by atoms with van der Waals surface area (Å²) in [5.41, 5.74) is 8.51. The first-order valence-electron chi connectivity index (χ1n) is 20.5. The molecule has 0 saturated heterocycles. The van der Waals surface area contributed by atoms with Gasteiger partial charge in [-0.3, -0.25) is 0 Å². The van der Waals surface area contributed by atoms with Crippen molar-refractivity contribution in [2.45, 2.75) is 23.4 Å². The van der Waals surface area contributed by atoms with Gasteiger partial charge in [-0.05, 0) is 58.7 Å². The monoisotopic (exact) mass is 1000 g/mol. The van der Waals surface area contributed by atoms with E-state index in [0.29, 0.717) is 33.5 Å². The summed E-state index contributed by atoms with van der Waals surface area (Å²) in [6, 6.07) is 54.0. The zero-order chi connectivity index (χ0) is 43.2. The molecule has 0 radical (unpaired) electrons. The van der Waals surface area contributed by atoms with E-state index in [1.165, 1.54) is 11.1 Å². The van der Waals surface area contributed by atoms with Crippen LogP contribution in [0.4, 0.5) is 0 Å². The SMILES string of the molecule is Brc1ccc(/C=N/n2c(SCCSc3nnc(-c4cn(Cc5ccccc5)c5ccccc45)n3/N=C/c3ccc(Br)cc3)nnc2-c2cn(Cc3ccccc3)c3ccccc23)cc1. The molecular weight excluding hydrogens is 965 g/mol. The van der Waals surface area contributed by atoms with Gasteiger partial charge in [-0.2, -0.15) is 19.6 Å². The third kappa shape index (κ3) is 9.18. The summed E-state index contributed by atoms with van der Waals surface area (Å²) >= 11 is 10.3. The fourth-order valence-electron chi connectivity index (χ4n) is 7.54. The Balaban J connectivity index is 0.952. The Kier molecular flexibility index (Phi) is 12.5. The van der Waals surface area contributed by atoms with E-state index in [-0.39, 0.29) is 0 Å². The highest BCUT2D eigenvalue weighted by Gasteiger charge is 2.22. The number of hydrogen-bond donors (Lipinski definition) is 0. The average Bonchev–Trinajstić information content (AvgIpc) is 4.11. The maximum Gasteiger partial charge on any atom is 0.212 e. The summed E-state index contributed by atoms with van der Waals surface area (Å²) in [7, 11) is 0. The van der Waals surface area contributed by atoms with Crippen LogP contribution in [0.3, 0.4) is 0 Å². The van der Waals surface area contributed by atoms with Gasteiger partial charge < -0.3 is 9.13 Å². The van der Waals surface area contributed by atoms with Crippen molar-refractivity contribution in [3.63, 3.8) is 0 Å². The lowest BCUT2D eigenvalue weighted by Crippen LogP contribution is -2.00.